The third-order valence-corrected chi connectivity index (χ3v) is 4.67. The summed E-state index contributed by atoms with van der Waals surface area (Å²) in [4.78, 5) is 12.3. The molecular formula is C21H19ClFNO2. The maximum absolute atomic E-state index is 13.8. The molecule has 2 aromatic carbocycles. The van der Waals surface area contributed by atoms with Crippen molar-refractivity contribution in [3.05, 3.63) is 70.5 Å². The van der Waals surface area contributed by atoms with Crippen LogP contribution in [0.2, 0.25) is 5.02 Å². The van der Waals surface area contributed by atoms with Crippen molar-refractivity contribution in [1.82, 2.24) is 5.32 Å². The number of hydrogen-bond acceptors (Lipinski definition) is 2. The molecule has 0 heterocycles. The lowest BCUT2D eigenvalue weighted by atomic mass is 9.83. The maximum Gasteiger partial charge on any atom is 0.256 e. The summed E-state index contributed by atoms with van der Waals surface area (Å²) >= 11 is 5.95. The van der Waals surface area contributed by atoms with E-state index < -0.39 is 17.4 Å². The van der Waals surface area contributed by atoms with E-state index in [1.54, 1.807) is 18.2 Å². The van der Waals surface area contributed by atoms with Crippen LogP contribution >= 0.6 is 11.6 Å². The van der Waals surface area contributed by atoms with Crippen LogP contribution in [0, 0.1) is 23.6 Å². The van der Waals surface area contributed by atoms with Gasteiger partial charge in [0.2, 0.25) is 0 Å². The van der Waals surface area contributed by atoms with E-state index in [4.69, 9.17) is 11.6 Å². The van der Waals surface area contributed by atoms with E-state index in [-0.39, 0.29) is 11.5 Å². The SMILES string of the molecule is O=C(N[C@]1(O)CCC[C@H](C#Cc2cccc(Cl)c2)C1)c1ccccc1F. The van der Waals surface area contributed by atoms with Gasteiger partial charge in [-0.15, -0.1) is 0 Å². The fourth-order valence-corrected chi connectivity index (χ4v) is 3.36. The number of amides is 1. The highest BCUT2D eigenvalue weighted by Crippen LogP contribution is 2.31. The lowest BCUT2D eigenvalue weighted by Gasteiger charge is -2.35. The highest BCUT2D eigenvalue weighted by atomic mass is 35.5. The minimum atomic E-state index is -1.38. The summed E-state index contributed by atoms with van der Waals surface area (Å²) in [5.74, 6) is 4.93. The number of aliphatic hydroxyl groups is 1. The molecule has 0 bridgehead atoms. The lowest BCUT2D eigenvalue weighted by Crippen LogP contribution is -2.51. The number of hydrogen-bond donors (Lipinski definition) is 2. The number of carbonyl (C=O) groups excluding carboxylic acids is 1. The van der Waals surface area contributed by atoms with E-state index in [0.29, 0.717) is 17.9 Å². The summed E-state index contributed by atoms with van der Waals surface area (Å²) < 4.78 is 13.8. The first-order chi connectivity index (χ1) is 12.5. The molecule has 2 aromatic rings. The molecule has 0 spiro atoms. The quantitative estimate of drug-likeness (QED) is 0.615. The van der Waals surface area contributed by atoms with Crippen LogP contribution in [-0.4, -0.2) is 16.7 Å². The van der Waals surface area contributed by atoms with Crippen LogP contribution in [0.3, 0.4) is 0 Å². The predicted octanol–water partition coefficient (Wildman–Crippen LogP) is 4.14. The summed E-state index contributed by atoms with van der Waals surface area (Å²) in [5.41, 5.74) is -0.652. The fourth-order valence-electron chi connectivity index (χ4n) is 3.17. The van der Waals surface area contributed by atoms with E-state index in [2.05, 4.69) is 17.2 Å². The molecule has 0 radical (unpaired) electrons. The van der Waals surface area contributed by atoms with Gasteiger partial charge in [0.25, 0.3) is 5.91 Å². The van der Waals surface area contributed by atoms with Crippen LogP contribution in [0.5, 0.6) is 0 Å². The normalized spacial score (nSPS) is 22.2. The molecule has 26 heavy (non-hydrogen) atoms. The van der Waals surface area contributed by atoms with Crippen LogP contribution in [0.1, 0.15) is 41.6 Å². The van der Waals surface area contributed by atoms with Gasteiger partial charge in [0.15, 0.2) is 0 Å². The first kappa shape index (κ1) is 18.4. The Hall–Kier alpha value is -2.35. The molecule has 1 amide bonds. The Kier molecular flexibility index (Phi) is 5.61. The Morgan fingerprint density at radius 1 is 1.27 bits per heavy atom. The van der Waals surface area contributed by atoms with Gasteiger partial charge < -0.3 is 10.4 Å². The number of benzene rings is 2. The standard InChI is InChI=1S/C21H19ClFNO2/c22-17-7-3-5-15(13-17)10-11-16-6-4-12-21(26,14-16)24-20(25)18-8-1-2-9-19(18)23/h1-3,5,7-9,13,16,26H,4,6,12,14H2,(H,24,25)/t16-,21+/m1/s1. The highest BCUT2D eigenvalue weighted by Gasteiger charge is 2.35. The molecule has 1 saturated carbocycles. The Balaban J connectivity index is 1.69. The molecular weight excluding hydrogens is 353 g/mol. The van der Waals surface area contributed by atoms with Crippen molar-refractivity contribution < 1.29 is 14.3 Å². The summed E-state index contributed by atoms with van der Waals surface area (Å²) in [6.07, 6.45) is 2.29. The third kappa shape index (κ3) is 4.63. The van der Waals surface area contributed by atoms with Crippen LogP contribution in [0.4, 0.5) is 4.39 Å². The fraction of sp³-hybridized carbons (Fsp3) is 0.286. The molecule has 3 nitrogen and oxygen atoms in total. The first-order valence-electron chi connectivity index (χ1n) is 8.52. The molecule has 1 aliphatic rings. The van der Waals surface area contributed by atoms with Gasteiger partial charge in [-0.25, -0.2) is 4.39 Å². The van der Waals surface area contributed by atoms with E-state index in [1.165, 1.54) is 18.2 Å². The van der Waals surface area contributed by atoms with E-state index in [9.17, 15) is 14.3 Å². The molecule has 1 aliphatic carbocycles. The second kappa shape index (κ2) is 7.90. The summed E-state index contributed by atoms with van der Waals surface area (Å²) in [5, 5.41) is 14.0. The lowest BCUT2D eigenvalue weighted by molar-refractivity contribution is -0.0312. The average molecular weight is 372 g/mol. The van der Waals surface area contributed by atoms with Gasteiger partial charge in [-0.1, -0.05) is 41.6 Å². The van der Waals surface area contributed by atoms with Crippen LogP contribution in [0.25, 0.3) is 0 Å². The largest absolute Gasteiger partial charge is 0.371 e. The number of carbonyl (C=O) groups is 1. The van der Waals surface area contributed by atoms with Crippen molar-refractivity contribution in [2.24, 2.45) is 5.92 Å². The van der Waals surface area contributed by atoms with Gasteiger partial charge in [0, 0.05) is 22.9 Å². The molecule has 2 atom stereocenters. The molecule has 0 unspecified atom stereocenters. The molecule has 0 aliphatic heterocycles. The van der Waals surface area contributed by atoms with Gasteiger partial charge in [0.05, 0.1) is 5.56 Å². The van der Waals surface area contributed by atoms with E-state index in [0.717, 1.165) is 18.4 Å². The zero-order chi connectivity index (χ0) is 18.6. The molecule has 134 valence electrons. The van der Waals surface area contributed by atoms with Gasteiger partial charge in [-0.3, -0.25) is 4.79 Å². The molecule has 1 fully saturated rings. The molecule has 0 saturated heterocycles. The van der Waals surface area contributed by atoms with Crippen molar-refractivity contribution in [2.45, 2.75) is 31.4 Å². The highest BCUT2D eigenvalue weighted by molar-refractivity contribution is 6.30. The topological polar surface area (TPSA) is 49.3 Å². The summed E-state index contributed by atoms with van der Waals surface area (Å²) in [6.45, 7) is 0. The third-order valence-electron chi connectivity index (χ3n) is 4.44. The minimum absolute atomic E-state index is 0.0614. The van der Waals surface area contributed by atoms with Gasteiger partial charge >= 0.3 is 0 Å². The van der Waals surface area contributed by atoms with Gasteiger partial charge in [-0.05, 0) is 49.6 Å². The predicted molar refractivity (Wildman–Crippen MR) is 99.1 cm³/mol. The molecule has 3 rings (SSSR count). The zero-order valence-corrected chi connectivity index (χ0v) is 14.9. The summed E-state index contributed by atoms with van der Waals surface area (Å²) in [6, 6.07) is 13.0. The monoisotopic (exact) mass is 371 g/mol. The van der Waals surface area contributed by atoms with Crippen LogP contribution in [-0.2, 0) is 0 Å². The number of rotatable bonds is 2. The Labute approximate surface area is 157 Å². The molecule has 2 N–H and O–H groups in total. The Morgan fingerprint density at radius 3 is 2.85 bits per heavy atom. The zero-order valence-electron chi connectivity index (χ0n) is 14.1. The summed E-state index contributed by atoms with van der Waals surface area (Å²) in [7, 11) is 0. The van der Waals surface area contributed by atoms with Crippen LogP contribution in [0.15, 0.2) is 48.5 Å². The Bertz CT molecular complexity index is 874. The van der Waals surface area contributed by atoms with Gasteiger partial charge in [0.1, 0.15) is 11.5 Å². The van der Waals surface area contributed by atoms with Crippen molar-refractivity contribution in [1.29, 1.82) is 0 Å². The number of halogens is 2. The first-order valence-corrected chi connectivity index (χ1v) is 8.89. The molecule has 5 heteroatoms. The van der Waals surface area contributed by atoms with E-state index in [1.807, 2.05) is 12.1 Å². The van der Waals surface area contributed by atoms with Crippen molar-refractivity contribution >= 4 is 17.5 Å². The van der Waals surface area contributed by atoms with Crippen molar-refractivity contribution in [2.75, 3.05) is 0 Å². The van der Waals surface area contributed by atoms with Crippen LogP contribution < -0.4 is 5.32 Å². The van der Waals surface area contributed by atoms with Gasteiger partial charge in [-0.2, -0.15) is 0 Å². The van der Waals surface area contributed by atoms with Crippen molar-refractivity contribution in [3.8, 4) is 11.8 Å². The number of nitrogens with one attached hydrogen (secondary N) is 1. The second-order valence-electron chi connectivity index (χ2n) is 6.54. The molecule has 0 aromatic heterocycles. The average Bonchev–Trinajstić information content (AvgIpc) is 2.60. The second-order valence-corrected chi connectivity index (χ2v) is 6.97. The van der Waals surface area contributed by atoms with E-state index >= 15 is 0 Å². The minimum Gasteiger partial charge on any atom is -0.371 e. The smallest absolute Gasteiger partial charge is 0.256 e. The maximum atomic E-state index is 13.8. The Morgan fingerprint density at radius 2 is 2.08 bits per heavy atom. The van der Waals surface area contributed by atoms with Crippen molar-refractivity contribution in [3.63, 3.8) is 0 Å².